The lowest BCUT2D eigenvalue weighted by Gasteiger charge is -2.31. The van der Waals surface area contributed by atoms with Crippen molar-refractivity contribution in [3.05, 3.63) is 40.4 Å². The third-order valence-electron chi connectivity index (χ3n) is 4.31. The summed E-state index contributed by atoms with van der Waals surface area (Å²) in [4.78, 5) is 26.2. The molecule has 2 heterocycles. The third-order valence-corrected chi connectivity index (χ3v) is 5.30. The molecule has 138 valence electrons. The molecule has 1 N–H and O–H groups in total. The van der Waals surface area contributed by atoms with Crippen molar-refractivity contribution in [3.63, 3.8) is 0 Å². The third kappa shape index (κ3) is 4.04. The number of nitrogens with one attached hydrogen (secondary N) is 1. The molecule has 1 saturated heterocycles. The molecule has 9 heteroatoms. The Bertz CT molecular complexity index is 819. The molecular formula is C17H18F2N4O2S. The van der Waals surface area contributed by atoms with Crippen molar-refractivity contribution in [3.8, 4) is 0 Å². The van der Waals surface area contributed by atoms with Gasteiger partial charge in [0.05, 0.1) is 5.56 Å². The highest BCUT2D eigenvalue weighted by molar-refractivity contribution is 7.15. The maximum atomic E-state index is 13.8. The van der Waals surface area contributed by atoms with Crippen LogP contribution in [0.15, 0.2) is 18.2 Å². The maximum Gasteiger partial charge on any atom is 0.256 e. The van der Waals surface area contributed by atoms with Crippen LogP contribution in [0.5, 0.6) is 0 Å². The molecule has 1 aromatic heterocycles. The molecule has 1 aromatic carbocycles. The molecule has 2 aromatic rings. The topological polar surface area (TPSA) is 75.2 Å². The minimum atomic E-state index is -0.877. The van der Waals surface area contributed by atoms with Gasteiger partial charge in [-0.05, 0) is 31.4 Å². The maximum absolute atomic E-state index is 13.8. The smallest absolute Gasteiger partial charge is 0.256 e. The van der Waals surface area contributed by atoms with E-state index in [1.807, 2.05) is 6.92 Å². The minimum Gasteiger partial charge on any atom is -0.339 e. The number of piperidine rings is 1. The highest BCUT2D eigenvalue weighted by Gasteiger charge is 2.29. The molecule has 3 rings (SSSR count). The zero-order valence-corrected chi connectivity index (χ0v) is 15.0. The normalized spacial score (nSPS) is 15.1. The van der Waals surface area contributed by atoms with Crippen LogP contribution in [0.2, 0.25) is 0 Å². The van der Waals surface area contributed by atoms with Gasteiger partial charge in [0.2, 0.25) is 11.0 Å². The van der Waals surface area contributed by atoms with Crippen LogP contribution in [0.1, 0.15) is 35.1 Å². The van der Waals surface area contributed by atoms with Crippen LogP contribution in [-0.4, -0.2) is 40.0 Å². The van der Waals surface area contributed by atoms with Crippen LogP contribution in [-0.2, 0) is 11.2 Å². The molecule has 0 spiro atoms. The van der Waals surface area contributed by atoms with Gasteiger partial charge in [-0.2, -0.15) is 0 Å². The highest BCUT2D eigenvalue weighted by Crippen LogP contribution is 2.23. The van der Waals surface area contributed by atoms with E-state index in [-0.39, 0.29) is 17.4 Å². The zero-order valence-electron chi connectivity index (χ0n) is 14.2. The molecule has 0 radical (unpaired) electrons. The number of amides is 2. The summed E-state index contributed by atoms with van der Waals surface area (Å²) in [5.74, 6) is -2.48. The highest BCUT2D eigenvalue weighted by atomic mass is 32.1. The van der Waals surface area contributed by atoms with Gasteiger partial charge in [-0.3, -0.25) is 9.59 Å². The lowest BCUT2D eigenvalue weighted by atomic mass is 9.95. The molecule has 1 fully saturated rings. The number of hydrogen-bond donors (Lipinski definition) is 1. The first-order valence-corrected chi connectivity index (χ1v) is 9.17. The number of hydrogen-bond acceptors (Lipinski definition) is 5. The molecule has 0 atom stereocenters. The quantitative estimate of drug-likeness (QED) is 0.885. The number of carbonyl (C=O) groups excluding carboxylic acids is 2. The summed E-state index contributed by atoms with van der Waals surface area (Å²) in [6, 6.07) is 2.90. The van der Waals surface area contributed by atoms with Gasteiger partial charge in [0, 0.05) is 25.1 Å². The summed E-state index contributed by atoms with van der Waals surface area (Å²) in [5, 5.41) is 12.0. The van der Waals surface area contributed by atoms with E-state index in [0.717, 1.165) is 23.6 Å². The lowest BCUT2D eigenvalue weighted by Crippen LogP contribution is -2.41. The van der Waals surface area contributed by atoms with Crippen molar-refractivity contribution < 1.29 is 18.4 Å². The minimum absolute atomic E-state index is 0.149. The summed E-state index contributed by atoms with van der Waals surface area (Å²) in [5.41, 5.74) is -0.157. The number of likely N-dealkylation sites (tertiary alicyclic amines) is 1. The predicted molar refractivity (Wildman–Crippen MR) is 92.9 cm³/mol. The van der Waals surface area contributed by atoms with E-state index in [9.17, 15) is 18.4 Å². The van der Waals surface area contributed by atoms with Crippen LogP contribution in [0.25, 0.3) is 0 Å². The Kier molecular flexibility index (Phi) is 5.55. The summed E-state index contributed by atoms with van der Waals surface area (Å²) >= 11 is 1.34. The van der Waals surface area contributed by atoms with E-state index in [2.05, 4.69) is 15.5 Å². The molecule has 0 unspecified atom stereocenters. The second kappa shape index (κ2) is 7.86. The second-order valence-corrected chi connectivity index (χ2v) is 7.10. The average Bonchev–Trinajstić information content (AvgIpc) is 3.09. The van der Waals surface area contributed by atoms with E-state index in [0.29, 0.717) is 37.1 Å². The van der Waals surface area contributed by atoms with E-state index in [1.165, 1.54) is 16.2 Å². The van der Waals surface area contributed by atoms with Crippen LogP contribution in [0.3, 0.4) is 0 Å². The number of carbonyl (C=O) groups is 2. The van der Waals surface area contributed by atoms with Gasteiger partial charge in [0.15, 0.2) is 0 Å². The molecule has 0 bridgehead atoms. The van der Waals surface area contributed by atoms with Gasteiger partial charge in [-0.25, -0.2) is 8.78 Å². The number of benzene rings is 1. The molecule has 2 amide bonds. The van der Waals surface area contributed by atoms with Crippen molar-refractivity contribution in [1.82, 2.24) is 15.1 Å². The molecule has 26 heavy (non-hydrogen) atoms. The van der Waals surface area contributed by atoms with Gasteiger partial charge >= 0.3 is 0 Å². The Morgan fingerprint density at radius 3 is 2.62 bits per heavy atom. The van der Waals surface area contributed by atoms with Crippen molar-refractivity contribution in [2.45, 2.75) is 26.2 Å². The molecular weight excluding hydrogens is 362 g/mol. The van der Waals surface area contributed by atoms with E-state index >= 15 is 0 Å². The first-order chi connectivity index (χ1) is 12.5. The lowest BCUT2D eigenvalue weighted by molar-refractivity contribution is -0.121. The van der Waals surface area contributed by atoms with E-state index in [4.69, 9.17) is 0 Å². The summed E-state index contributed by atoms with van der Waals surface area (Å²) in [7, 11) is 0. The summed E-state index contributed by atoms with van der Waals surface area (Å²) in [6.45, 7) is 2.64. The van der Waals surface area contributed by atoms with Gasteiger partial charge in [0.25, 0.3) is 5.91 Å². The van der Waals surface area contributed by atoms with Crippen molar-refractivity contribution in [1.29, 1.82) is 0 Å². The van der Waals surface area contributed by atoms with Crippen LogP contribution < -0.4 is 5.32 Å². The number of aryl methyl sites for hydroxylation is 1. The Labute approximate surface area is 153 Å². The first kappa shape index (κ1) is 18.4. The van der Waals surface area contributed by atoms with Gasteiger partial charge in [0.1, 0.15) is 16.6 Å². The standard InChI is InChI=1S/C17H18F2N4O2S/c1-2-14-21-22-17(26-14)20-15(24)10-5-7-23(8-6-10)16(25)12-4-3-11(18)9-13(12)19/h3-4,9-10H,2,5-8H2,1H3,(H,20,22,24). The van der Waals surface area contributed by atoms with E-state index in [1.54, 1.807) is 0 Å². The summed E-state index contributed by atoms with van der Waals surface area (Å²) in [6.07, 6.45) is 1.70. The fourth-order valence-electron chi connectivity index (χ4n) is 2.83. The van der Waals surface area contributed by atoms with Gasteiger partial charge < -0.3 is 10.2 Å². The molecule has 1 aliphatic rings. The number of anilines is 1. The molecule has 6 nitrogen and oxygen atoms in total. The first-order valence-electron chi connectivity index (χ1n) is 8.35. The molecule has 0 aliphatic carbocycles. The Morgan fingerprint density at radius 2 is 2.00 bits per heavy atom. The van der Waals surface area contributed by atoms with Gasteiger partial charge in [-0.1, -0.05) is 18.3 Å². The van der Waals surface area contributed by atoms with Crippen molar-refractivity contribution in [2.75, 3.05) is 18.4 Å². The monoisotopic (exact) mass is 380 g/mol. The Hall–Kier alpha value is -2.42. The average molecular weight is 380 g/mol. The van der Waals surface area contributed by atoms with Crippen LogP contribution in [0.4, 0.5) is 13.9 Å². The Balaban J connectivity index is 1.56. The Morgan fingerprint density at radius 1 is 1.27 bits per heavy atom. The molecule has 1 aliphatic heterocycles. The van der Waals surface area contributed by atoms with Crippen molar-refractivity contribution >= 4 is 28.3 Å². The van der Waals surface area contributed by atoms with Crippen LogP contribution in [0, 0.1) is 17.6 Å². The number of aromatic nitrogens is 2. The number of nitrogens with zero attached hydrogens (tertiary/aromatic N) is 3. The van der Waals surface area contributed by atoms with Gasteiger partial charge in [-0.15, -0.1) is 10.2 Å². The largest absolute Gasteiger partial charge is 0.339 e. The number of rotatable bonds is 4. The van der Waals surface area contributed by atoms with Crippen LogP contribution >= 0.6 is 11.3 Å². The second-order valence-electron chi connectivity index (χ2n) is 6.03. The molecule has 0 saturated carbocycles. The van der Waals surface area contributed by atoms with Crippen molar-refractivity contribution in [2.24, 2.45) is 5.92 Å². The number of halogens is 2. The zero-order chi connectivity index (χ0) is 18.7. The fourth-order valence-corrected chi connectivity index (χ4v) is 3.51. The van der Waals surface area contributed by atoms with E-state index < -0.39 is 17.5 Å². The fraction of sp³-hybridized carbons (Fsp3) is 0.412. The predicted octanol–water partition coefficient (Wildman–Crippen LogP) is 2.87. The summed E-state index contributed by atoms with van der Waals surface area (Å²) < 4.78 is 26.7. The SMILES string of the molecule is CCc1nnc(NC(=O)C2CCN(C(=O)c3ccc(F)cc3F)CC2)s1.